The van der Waals surface area contributed by atoms with Gasteiger partial charge < -0.3 is 5.73 Å². The number of benzene rings is 1. The Balaban J connectivity index is 2.10. The van der Waals surface area contributed by atoms with Crippen LogP contribution in [0.2, 0.25) is 0 Å². The van der Waals surface area contributed by atoms with E-state index < -0.39 is 6.43 Å². The number of alkyl halides is 2. The van der Waals surface area contributed by atoms with Crippen molar-refractivity contribution in [1.82, 2.24) is 4.90 Å². The van der Waals surface area contributed by atoms with Crippen molar-refractivity contribution in [1.29, 1.82) is 0 Å². The van der Waals surface area contributed by atoms with E-state index in [1.165, 1.54) is 37.8 Å². The lowest BCUT2D eigenvalue weighted by molar-refractivity contribution is 0.121. The number of nitrogens with zero attached hydrogens (tertiary/aromatic N) is 1. The Kier molecular flexibility index (Phi) is 5.71. The lowest BCUT2D eigenvalue weighted by Crippen LogP contribution is -2.41. The molecule has 1 aromatic rings. The van der Waals surface area contributed by atoms with Crippen molar-refractivity contribution in [3.05, 3.63) is 35.4 Å². The molecule has 3 unspecified atom stereocenters. The normalized spacial score (nSPS) is 24.5. The maximum Gasteiger partial charge on any atom is 0.263 e. The van der Waals surface area contributed by atoms with Gasteiger partial charge in [-0.15, -0.1) is 0 Å². The highest BCUT2D eigenvalue weighted by Crippen LogP contribution is 2.31. The first-order chi connectivity index (χ1) is 10.0. The van der Waals surface area contributed by atoms with Gasteiger partial charge >= 0.3 is 0 Å². The van der Waals surface area contributed by atoms with E-state index in [2.05, 4.69) is 18.9 Å². The molecule has 0 amide bonds. The van der Waals surface area contributed by atoms with Crippen LogP contribution in [0.5, 0.6) is 0 Å². The Morgan fingerprint density at radius 1 is 1.19 bits per heavy atom. The van der Waals surface area contributed by atoms with Crippen LogP contribution in [0.3, 0.4) is 0 Å². The van der Waals surface area contributed by atoms with E-state index in [0.29, 0.717) is 12.6 Å². The second-order valence-corrected chi connectivity index (χ2v) is 6.31. The molecule has 4 heteroatoms. The first-order valence-corrected chi connectivity index (χ1v) is 7.83. The van der Waals surface area contributed by atoms with Crippen molar-refractivity contribution in [2.24, 2.45) is 11.7 Å². The quantitative estimate of drug-likeness (QED) is 0.885. The number of nitrogens with two attached hydrogens (primary N) is 1. The smallest absolute Gasteiger partial charge is 0.263 e. The summed E-state index contributed by atoms with van der Waals surface area (Å²) in [4.78, 5) is 2.34. The van der Waals surface area contributed by atoms with Crippen LogP contribution < -0.4 is 5.73 Å². The van der Waals surface area contributed by atoms with Crippen molar-refractivity contribution in [3.63, 3.8) is 0 Å². The highest BCUT2D eigenvalue weighted by atomic mass is 19.3. The van der Waals surface area contributed by atoms with Crippen LogP contribution in [-0.4, -0.2) is 24.5 Å². The second-order valence-electron chi connectivity index (χ2n) is 6.31. The Labute approximate surface area is 126 Å². The summed E-state index contributed by atoms with van der Waals surface area (Å²) in [5, 5.41) is 0. The average molecular weight is 296 g/mol. The first kappa shape index (κ1) is 16.4. The number of halogens is 2. The number of likely N-dealkylation sites (N-methyl/N-ethyl adjacent to an activating group) is 1. The topological polar surface area (TPSA) is 29.3 Å². The van der Waals surface area contributed by atoms with Crippen LogP contribution in [0.15, 0.2) is 24.3 Å². The third kappa shape index (κ3) is 4.01. The Bertz CT molecular complexity index is 433. The minimum atomic E-state index is -2.41. The minimum absolute atomic E-state index is 0.0727. The van der Waals surface area contributed by atoms with Gasteiger partial charge in [-0.3, -0.25) is 4.90 Å². The summed E-state index contributed by atoms with van der Waals surface area (Å²) in [5.41, 5.74) is 7.06. The molecule has 1 saturated carbocycles. The van der Waals surface area contributed by atoms with E-state index in [1.54, 1.807) is 12.1 Å². The summed E-state index contributed by atoms with van der Waals surface area (Å²) < 4.78 is 25.3. The Morgan fingerprint density at radius 2 is 1.81 bits per heavy atom. The standard InChI is InChI=1S/C17H26F2N2/c1-12-4-3-5-15(10-12)21(2)16(11-20)13-6-8-14(9-7-13)17(18)19/h6-9,12,15-17H,3-5,10-11,20H2,1-2H3. The zero-order valence-corrected chi connectivity index (χ0v) is 12.9. The third-order valence-corrected chi connectivity index (χ3v) is 4.77. The minimum Gasteiger partial charge on any atom is -0.329 e. The number of hydrogen-bond donors (Lipinski definition) is 1. The predicted molar refractivity (Wildman–Crippen MR) is 82.4 cm³/mol. The van der Waals surface area contributed by atoms with Gasteiger partial charge in [0.25, 0.3) is 6.43 Å². The Hall–Kier alpha value is -1.00. The van der Waals surface area contributed by atoms with Gasteiger partial charge in [-0.05, 0) is 31.4 Å². The van der Waals surface area contributed by atoms with Gasteiger partial charge in [-0.1, -0.05) is 44.0 Å². The summed E-state index contributed by atoms with van der Waals surface area (Å²) in [6.07, 6.45) is 2.56. The van der Waals surface area contributed by atoms with Gasteiger partial charge in [0.15, 0.2) is 0 Å². The molecule has 118 valence electrons. The molecule has 3 atom stereocenters. The van der Waals surface area contributed by atoms with Crippen molar-refractivity contribution in [3.8, 4) is 0 Å². The zero-order valence-electron chi connectivity index (χ0n) is 12.9. The molecule has 1 aromatic carbocycles. The van der Waals surface area contributed by atoms with Crippen molar-refractivity contribution < 1.29 is 8.78 Å². The lowest BCUT2D eigenvalue weighted by Gasteiger charge is -2.39. The molecule has 0 heterocycles. The van der Waals surface area contributed by atoms with E-state index in [1.807, 2.05) is 0 Å². The van der Waals surface area contributed by atoms with E-state index in [0.717, 1.165) is 11.5 Å². The van der Waals surface area contributed by atoms with Crippen LogP contribution in [0.25, 0.3) is 0 Å². The molecule has 0 saturated heterocycles. The predicted octanol–water partition coefficient (Wildman–Crippen LogP) is 4.13. The fourth-order valence-corrected chi connectivity index (χ4v) is 3.43. The van der Waals surface area contributed by atoms with E-state index >= 15 is 0 Å². The van der Waals surface area contributed by atoms with Gasteiger partial charge in [-0.2, -0.15) is 0 Å². The van der Waals surface area contributed by atoms with Crippen LogP contribution >= 0.6 is 0 Å². The summed E-state index contributed by atoms with van der Waals surface area (Å²) in [7, 11) is 2.11. The molecule has 1 aliphatic carbocycles. The molecule has 2 N–H and O–H groups in total. The van der Waals surface area contributed by atoms with Gasteiger partial charge in [0.05, 0.1) is 0 Å². The molecular weight excluding hydrogens is 270 g/mol. The number of rotatable bonds is 5. The van der Waals surface area contributed by atoms with Crippen molar-refractivity contribution in [2.75, 3.05) is 13.6 Å². The highest BCUT2D eigenvalue weighted by Gasteiger charge is 2.27. The summed E-state index contributed by atoms with van der Waals surface area (Å²) >= 11 is 0. The molecule has 0 bridgehead atoms. The van der Waals surface area contributed by atoms with Gasteiger partial charge in [0.2, 0.25) is 0 Å². The molecule has 2 rings (SSSR count). The maximum absolute atomic E-state index is 12.6. The summed E-state index contributed by atoms with van der Waals surface area (Å²) in [5.74, 6) is 0.755. The van der Waals surface area contributed by atoms with Crippen LogP contribution in [0, 0.1) is 5.92 Å². The van der Waals surface area contributed by atoms with E-state index in [9.17, 15) is 8.78 Å². The first-order valence-electron chi connectivity index (χ1n) is 7.83. The molecule has 21 heavy (non-hydrogen) atoms. The largest absolute Gasteiger partial charge is 0.329 e. The average Bonchev–Trinajstić information content (AvgIpc) is 2.48. The van der Waals surface area contributed by atoms with Crippen LogP contribution in [0.4, 0.5) is 8.78 Å². The monoisotopic (exact) mass is 296 g/mol. The van der Waals surface area contributed by atoms with Crippen LogP contribution in [-0.2, 0) is 0 Å². The molecule has 0 spiro atoms. The van der Waals surface area contributed by atoms with Gasteiger partial charge in [0.1, 0.15) is 0 Å². The molecule has 0 radical (unpaired) electrons. The summed E-state index contributed by atoms with van der Waals surface area (Å²) in [6, 6.07) is 7.26. The maximum atomic E-state index is 12.6. The van der Waals surface area contributed by atoms with Crippen molar-refractivity contribution >= 4 is 0 Å². The molecule has 1 aliphatic rings. The highest BCUT2D eigenvalue weighted by molar-refractivity contribution is 5.26. The molecule has 1 fully saturated rings. The molecule has 2 nitrogen and oxygen atoms in total. The third-order valence-electron chi connectivity index (χ3n) is 4.77. The lowest BCUT2D eigenvalue weighted by atomic mass is 9.85. The molecule has 0 aliphatic heterocycles. The van der Waals surface area contributed by atoms with Crippen molar-refractivity contribution in [2.45, 2.75) is 51.1 Å². The van der Waals surface area contributed by atoms with Gasteiger partial charge in [0, 0.05) is 24.2 Å². The van der Waals surface area contributed by atoms with E-state index in [4.69, 9.17) is 5.73 Å². The van der Waals surface area contributed by atoms with Gasteiger partial charge in [-0.25, -0.2) is 8.78 Å². The Morgan fingerprint density at radius 3 is 2.33 bits per heavy atom. The molecule has 0 aromatic heterocycles. The van der Waals surface area contributed by atoms with E-state index in [-0.39, 0.29) is 11.6 Å². The fourth-order valence-electron chi connectivity index (χ4n) is 3.43. The van der Waals surface area contributed by atoms with Crippen LogP contribution in [0.1, 0.15) is 56.2 Å². The molecular formula is C17H26F2N2. The fraction of sp³-hybridized carbons (Fsp3) is 0.647. The zero-order chi connectivity index (χ0) is 15.4. The SMILES string of the molecule is CC1CCCC(N(C)C(CN)c2ccc(C(F)F)cc2)C1. The summed E-state index contributed by atoms with van der Waals surface area (Å²) in [6.45, 7) is 2.81. The second kappa shape index (κ2) is 7.32. The number of hydrogen-bond acceptors (Lipinski definition) is 2.